The van der Waals surface area contributed by atoms with Crippen LogP contribution in [0.2, 0.25) is 0 Å². The van der Waals surface area contributed by atoms with Crippen molar-refractivity contribution in [2.45, 2.75) is 90.3 Å². The van der Waals surface area contributed by atoms with E-state index in [1.165, 1.54) is 11.1 Å². The van der Waals surface area contributed by atoms with E-state index in [1.807, 2.05) is 20.8 Å². The Morgan fingerprint density at radius 1 is 0.844 bits per heavy atom. The molecule has 5 rings (SSSR count). The number of carbonyl (C=O) groups is 3. The highest BCUT2D eigenvalue weighted by atomic mass is 16.2. The van der Waals surface area contributed by atoms with Gasteiger partial charge in [-0.05, 0) is 68.2 Å². The lowest BCUT2D eigenvalue weighted by Crippen LogP contribution is -2.58. The lowest BCUT2D eigenvalue weighted by molar-refractivity contribution is -0.135. The number of piperidine rings is 2. The van der Waals surface area contributed by atoms with Gasteiger partial charge in [-0.2, -0.15) is 0 Å². The average Bonchev–Trinajstić information content (AvgIpc) is 3.31. The Bertz CT molecular complexity index is 1180. The zero-order chi connectivity index (χ0) is 31.8. The van der Waals surface area contributed by atoms with E-state index in [9.17, 15) is 14.4 Å². The van der Waals surface area contributed by atoms with Gasteiger partial charge >= 0.3 is 12.1 Å². The number of benzene rings is 1. The van der Waals surface area contributed by atoms with E-state index in [0.29, 0.717) is 32.1 Å². The van der Waals surface area contributed by atoms with Crippen LogP contribution < -0.4 is 10.6 Å². The second-order valence-electron chi connectivity index (χ2n) is 13.1. The van der Waals surface area contributed by atoms with Gasteiger partial charge in [0.2, 0.25) is 5.91 Å². The van der Waals surface area contributed by atoms with Crippen molar-refractivity contribution >= 4 is 18.0 Å². The first-order chi connectivity index (χ1) is 21.9. The molecule has 0 unspecified atom stereocenters. The molecule has 0 saturated carbocycles. The zero-order valence-electron chi connectivity index (χ0n) is 27.8. The zero-order valence-corrected chi connectivity index (χ0v) is 27.8. The molecule has 248 valence electrons. The number of hydrogen-bond donors (Lipinski definition) is 2. The Balaban J connectivity index is 1.22. The van der Waals surface area contributed by atoms with Crippen molar-refractivity contribution in [1.29, 1.82) is 0 Å². The summed E-state index contributed by atoms with van der Waals surface area (Å²) in [6.45, 7) is 15.4. The molecule has 1 atom stereocenters. The van der Waals surface area contributed by atoms with Gasteiger partial charge in [-0.25, -0.2) is 9.59 Å². The summed E-state index contributed by atoms with van der Waals surface area (Å²) in [5.74, 6) is 0.0267. The number of nitrogens with zero attached hydrogens (tertiary/aromatic N) is 5. The van der Waals surface area contributed by atoms with E-state index in [1.54, 1.807) is 6.20 Å². The molecule has 0 spiro atoms. The molecule has 4 aliphatic heterocycles. The van der Waals surface area contributed by atoms with Crippen LogP contribution in [-0.2, 0) is 24.1 Å². The quantitative estimate of drug-likeness (QED) is 0.441. The van der Waals surface area contributed by atoms with E-state index in [2.05, 4.69) is 59.4 Å². The fourth-order valence-electron chi connectivity index (χ4n) is 7.61. The summed E-state index contributed by atoms with van der Waals surface area (Å²) in [6.07, 6.45) is 10.4. The maximum Gasteiger partial charge on any atom is 0.321 e. The number of hydrogen-bond acceptors (Lipinski definition) is 5. The van der Waals surface area contributed by atoms with Crippen LogP contribution in [0, 0.1) is 0 Å². The molecular formula is C35H55N7O3. The normalized spacial score (nSPS) is 21.8. The molecule has 10 heteroatoms. The topological polar surface area (TPSA) is 91.5 Å². The van der Waals surface area contributed by atoms with Crippen molar-refractivity contribution in [1.82, 2.24) is 35.1 Å². The van der Waals surface area contributed by atoms with Gasteiger partial charge < -0.3 is 30.2 Å². The van der Waals surface area contributed by atoms with Crippen molar-refractivity contribution in [3.8, 4) is 0 Å². The van der Waals surface area contributed by atoms with Crippen molar-refractivity contribution in [2.75, 3.05) is 65.4 Å². The van der Waals surface area contributed by atoms with Crippen LogP contribution in [0.4, 0.5) is 9.59 Å². The Hall–Kier alpha value is -3.11. The number of rotatable bonds is 9. The second kappa shape index (κ2) is 15.9. The van der Waals surface area contributed by atoms with Crippen LogP contribution in [0.15, 0.2) is 30.5 Å². The molecule has 10 nitrogen and oxygen atoms in total. The maximum atomic E-state index is 14.1. The van der Waals surface area contributed by atoms with Gasteiger partial charge in [0.25, 0.3) is 0 Å². The first-order valence-electron chi connectivity index (χ1n) is 17.5. The van der Waals surface area contributed by atoms with Gasteiger partial charge in [0.1, 0.15) is 6.04 Å². The number of carbonyl (C=O) groups excluding carboxylic acids is 3. The molecule has 4 aliphatic rings. The molecule has 2 N–H and O–H groups in total. The van der Waals surface area contributed by atoms with Gasteiger partial charge in [-0.3, -0.25) is 9.69 Å². The summed E-state index contributed by atoms with van der Waals surface area (Å²) in [7, 11) is 0. The standard InChI is InChI=1S/C35H55N7O3/c1-4-28-10-9-27(25-29(28)5-2)26-32(33(43)40-17-11-30(12-18-40)39-23-21-38(6-3)22-24-39)37-35(45)41-19-13-31(14-20-41)42-16-8-7-15-36-34(42)44/h7,9-10,15,25,30-32H,4-6,8,11-14,16-24,26H2,1-3H3,(H,36,44)(H,37,45)/t32-/m1/s1. The number of nitrogens with one attached hydrogen (secondary N) is 2. The highest BCUT2D eigenvalue weighted by Gasteiger charge is 2.35. The molecule has 3 fully saturated rings. The second-order valence-corrected chi connectivity index (χ2v) is 13.1. The predicted molar refractivity (Wildman–Crippen MR) is 178 cm³/mol. The summed E-state index contributed by atoms with van der Waals surface area (Å²) in [4.78, 5) is 51.1. The molecule has 45 heavy (non-hydrogen) atoms. The summed E-state index contributed by atoms with van der Waals surface area (Å²) < 4.78 is 0. The van der Waals surface area contributed by atoms with Gasteiger partial charge in [0.15, 0.2) is 0 Å². The predicted octanol–water partition coefficient (Wildman–Crippen LogP) is 3.45. The fraction of sp³-hybridized carbons (Fsp3) is 0.686. The first kappa shape index (κ1) is 33.3. The third kappa shape index (κ3) is 8.38. The van der Waals surface area contributed by atoms with Gasteiger partial charge in [-0.1, -0.05) is 45.0 Å². The van der Waals surface area contributed by atoms with Crippen molar-refractivity contribution in [3.63, 3.8) is 0 Å². The molecule has 0 radical (unpaired) electrons. The number of amides is 5. The summed E-state index contributed by atoms with van der Waals surface area (Å²) in [5, 5.41) is 6.00. The van der Waals surface area contributed by atoms with E-state index in [4.69, 9.17) is 0 Å². The number of likely N-dealkylation sites (tertiary alicyclic amines) is 2. The van der Waals surface area contributed by atoms with Crippen LogP contribution in [0.3, 0.4) is 0 Å². The minimum Gasteiger partial charge on any atom is -0.341 e. The van der Waals surface area contributed by atoms with Crippen LogP contribution in [0.25, 0.3) is 0 Å². The minimum atomic E-state index is -0.612. The molecule has 1 aromatic carbocycles. The number of urea groups is 2. The molecule has 0 aliphatic carbocycles. The number of piperazine rings is 1. The lowest BCUT2D eigenvalue weighted by Gasteiger charge is -2.43. The lowest BCUT2D eigenvalue weighted by atomic mass is 9.95. The molecule has 1 aromatic rings. The average molecular weight is 622 g/mol. The molecule has 0 bridgehead atoms. The van der Waals surface area contributed by atoms with Gasteiger partial charge in [-0.15, -0.1) is 0 Å². The number of aryl methyl sites for hydroxylation is 2. The largest absolute Gasteiger partial charge is 0.341 e. The molecular weight excluding hydrogens is 566 g/mol. The third-order valence-corrected chi connectivity index (χ3v) is 10.5. The van der Waals surface area contributed by atoms with E-state index < -0.39 is 6.04 Å². The summed E-state index contributed by atoms with van der Waals surface area (Å²) >= 11 is 0. The fourth-order valence-corrected chi connectivity index (χ4v) is 7.61. The highest BCUT2D eigenvalue weighted by molar-refractivity contribution is 5.87. The monoisotopic (exact) mass is 621 g/mol. The maximum absolute atomic E-state index is 14.1. The minimum absolute atomic E-state index is 0.0267. The third-order valence-electron chi connectivity index (χ3n) is 10.5. The molecule has 5 amide bonds. The Morgan fingerprint density at radius 3 is 2.18 bits per heavy atom. The molecule has 0 aromatic heterocycles. The first-order valence-corrected chi connectivity index (χ1v) is 17.5. The Labute approximate surface area is 270 Å². The molecule has 3 saturated heterocycles. The van der Waals surface area contributed by atoms with Crippen LogP contribution in [0.1, 0.15) is 69.6 Å². The Kier molecular flexibility index (Phi) is 11.8. The molecule has 4 heterocycles. The van der Waals surface area contributed by atoms with Crippen molar-refractivity contribution < 1.29 is 14.4 Å². The summed E-state index contributed by atoms with van der Waals surface area (Å²) in [5.41, 5.74) is 3.74. The van der Waals surface area contributed by atoms with Gasteiger partial charge in [0.05, 0.1) is 0 Å². The Morgan fingerprint density at radius 2 is 1.51 bits per heavy atom. The highest BCUT2D eigenvalue weighted by Crippen LogP contribution is 2.22. The SMILES string of the molecule is CCc1ccc(C[C@@H](NC(=O)N2CCC(N3CCC=CNC3=O)CC2)C(=O)N2CCC(N3CCN(CC)CC3)CC2)cc1CC. The summed E-state index contributed by atoms with van der Waals surface area (Å²) in [6, 6.07) is 6.31. The number of likely N-dealkylation sites (N-methyl/N-ethyl adjacent to an activating group) is 1. The van der Waals surface area contributed by atoms with E-state index in [0.717, 1.165) is 96.3 Å². The smallest absolute Gasteiger partial charge is 0.321 e. The van der Waals surface area contributed by atoms with Crippen molar-refractivity contribution in [2.24, 2.45) is 0 Å². The van der Waals surface area contributed by atoms with Crippen molar-refractivity contribution in [3.05, 3.63) is 47.2 Å². The van der Waals surface area contributed by atoms with E-state index in [-0.39, 0.29) is 24.0 Å². The van der Waals surface area contributed by atoms with E-state index >= 15 is 0 Å². The van der Waals surface area contributed by atoms with Crippen LogP contribution >= 0.6 is 0 Å². The van der Waals surface area contributed by atoms with Crippen LogP contribution in [0.5, 0.6) is 0 Å². The van der Waals surface area contributed by atoms with Crippen LogP contribution in [-0.4, -0.2) is 126 Å². The van der Waals surface area contributed by atoms with Gasteiger partial charge in [0, 0.05) is 83.6 Å².